The van der Waals surface area contributed by atoms with Crippen LogP contribution in [0.2, 0.25) is 0 Å². The third-order valence-electron chi connectivity index (χ3n) is 8.03. The van der Waals surface area contributed by atoms with E-state index >= 15 is 0 Å². The second kappa shape index (κ2) is 16.7. The topological polar surface area (TPSA) is 32.8 Å². The monoisotopic (exact) mass is 642 g/mol. The Bertz CT molecular complexity index is 1950. The number of terminal acetylenes is 1. The molecule has 49 heavy (non-hydrogen) atoms. The molecule has 0 fully saturated rings. The number of hydrogen-bond acceptors (Lipinski definition) is 4. The second-order valence-electron chi connectivity index (χ2n) is 11.9. The first-order valence-electron chi connectivity index (χ1n) is 16.5. The lowest BCUT2D eigenvalue weighted by Gasteiger charge is -2.27. The average Bonchev–Trinajstić information content (AvgIpc) is 3.13. The maximum atomic E-state index is 11.8. The van der Waals surface area contributed by atoms with Gasteiger partial charge in [-0.15, -0.1) is 12.3 Å². The van der Waals surface area contributed by atoms with E-state index in [0.29, 0.717) is 18.4 Å². The van der Waals surface area contributed by atoms with Crippen LogP contribution < -0.4 is 9.80 Å². The van der Waals surface area contributed by atoms with Gasteiger partial charge in [0.25, 0.3) is 0 Å². The van der Waals surface area contributed by atoms with Crippen molar-refractivity contribution >= 4 is 34.4 Å². The van der Waals surface area contributed by atoms with E-state index < -0.39 is 0 Å². The summed E-state index contributed by atoms with van der Waals surface area (Å²) >= 11 is 0. The molecule has 244 valence electrons. The van der Waals surface area contributed by atoms with Crippen LogP contribution in [0, 0.1) is 26.2 Å². The molecule has 0 saturated heterocycles. The molecule has 0 spiro atoms. The summed E-state index contributed by atoms with van der Waals surface area (Å²) in [5, 5.41) is 0. The number of nitrogens with zero attached hydrogens (tertiary/aromatic N) is 2. The third kappa shape index (κ3) is 9.06. The minimum Gasteiger partial charge on any atom is -0.462 e. The first kappa shape index (κ1) is 34.3. The standard InChI is InChI=1S/C45H42N2O2/c1-6-7-13-39(16-11-12-33-49-45(48)34(2)3)46(41-25-17-35(4)18-26-41)43-29-21-37(22-30-43)38-23-31-44(32-24-38)47(40-14-9-8-10-15-40)42-27-19-36(5)20-28-42/h1,8-11,13-32H,2,7,12,33H2,3-5H3/b16-11-,39-13+. The zero-order chi connectivity index (χ0) is 34.6. The smallest absolute Gasteiger partial charge is 0.333 e. The van der Waals surface area contributed by atoms with Crippen molar-refractivity contribution < 1.29 is 9.53 Å². The van der Waals surface area contributed by atoms with Gasteiger partial charge in [-0.1, -0.05) is 90.5 Å². The largest absolute Gasteiger partial charge is 0.462 e. The molecular formula is C45H42N2O2. The molecule has 5 rings (SSSR count). The Morgan fingerprint density at radius 3 is 1.69 bits per heavy atom. The molecule has 4 nitrogen and oxygen atoms in total. The highest BCUT2D eigenvalue weighted by atomic mass is 16.5. The summed E-state index contributed by atoms with van der Waals surface area (Å²) in [6.07, 6.45) is 12.8. The molecule has 0 heterocycles. The van der Waals surface area contributed by atoms with Crippen molar-refractivity contribution in [1.82, 2.24) is 0 Å². The molecule has 5 aromatic carbocycles. The van der Waals surface area contributed by atoms with E-state index in [1.54, 1.807) is 6.92 Å². The fourth-order valence-electron chi connectivity index (χ4n) is 5.41. The van der Waals surface area contributed by atoms with E-state index in [4.69, 9.17) is 11.2 Å². The van der Waals surface area contributed by atoms with E-state index in [9.17, 15) is 4.79 Å². The van der Waals surface area contributed by atoms with Crippen molar-refractivity contribution in [2.75, 3.05) is 16.4 Å². The summed E-state index contributed by atoms with van der Waals surface area (Å²) in [6, 6.07) is 44.8. The van der Waals surface area contributed by atoms with Crippen molar-refractivity contribution in [3.05, 3.63) is 175 Å². The molecular weight excluding hydrogens is 601 g/mol. The number of carbonyl (C=O) groups is 1. The average molecular weight is 643 g/mol. The number of allylic oxidation sites excluding steroid dienone is 2. The Labute approximate surface area is 291 Å². The van der Waals surface area contributed by atoms with Crippen molar-refractivity contribution in [2.45, 2.75) is 33.6 Å². The lowest BCUT2D eigenvalue weighted by Crippen LogP contribution is -2.15. The van der Waals surface area contributed by atoms with E-state index in [0.717, 1.165) is 45.3 Å². The third-order valence-corrected chi connectivity index (χ3v) is 8.03. The SMILES string of the molecule is C#CC/C=C(\C=C/CCOC(=O)C(=C)C)N(c1ccc(C)cc1)c1ccc(-c2ccc(N(c3ccccc3)c3ccc(C)cc3)cc2)cc1. The highest BCUT2D eigenvalue weighted by Crippen LogP contribution is 2.37. The van der Waals surface area contributed by atoms with Crippen LogP contribution in [0.1, 0.15) is 30.9 Å². The molecule has 0 bridgehead atoms. The Morgan fingerprint density at radius 2 is 1.18 bits per heavy atom. The molecule has 0 amide bonds. The molecule has 0 saturated carbocycles. The van der Waals surface area contributed by atoms with Crippen LogP contribution in [0.25, 0.3) is 11.1 Å². The number of aryl methyl sites for hydroxylation is 2. The van der Waals surface area contributed by atoms with E-state index in [1.165, 1.54) is 11.1 Å². The molecule has 0 unspecified atom stereocenters. The van der Waals surface area contributed by atoms with Gasteiger partial charge in [-0.2, -0.15) is 0 Å². The Hall–Kier alpha value is -6.05. The van der Waals surface area contributed by atoms with Gasteiger partial charge < -0.3 is 14.5 Å². The summed E-state index contributed by atoms with van der Waals surface area (Å²) < 4.78 is 5.28. The van der Waals surface area contributed by atoms with Crippen LogP contribution in [-0.4, -0.2) is 12.6 Å². The van der Waals surface area contributed by atoms with Crippen LogP contribution in [0.5, 0.6) is 0 Å². The molecule has 0 N–H and O–H groups in total. The van der Waals surface area contributed by atoms with Gasteiger partial charge in [-0.05, 0) is 111 Å². The number of anilines is 5. The van der Waals surface area contributed by atoms with Gasteiger partial charge in [0.1, 0.15) is 0 Å². The van der Waals surface area contributed by atoms with E-state index in [1.807, 2.05) is 24.3 Å². The van der Waals surface area contributed by atoms with Gasteiger partial charge in [0, 0.05) is 46.1 Å². The first-order chi connectivity index (χ1) is 23.8. The lowest BCUT2D eigenvalue weighted by molar-refractivity contribution is -0.138. The van der Waals surface area contributed by atoms with E-state index in [-0.39, 0.29) is 12.6 Å². The number of hydrogen-bond donors (Lipinski definition) is 0. The second-order valence-corrected chi connectivity index (χ2v) is 11.9. The Balaban J connectivity index is 1.43. The zero-order valence-corrected chi connectivity index (χ0v) is 28.5. The van der Waals surface area contributed by atoms with Crippen LogP contribution in [0.3, 0.4) is 0 Å². The predicted octanol–water partition coefficient (Wildman–Crippen LogP) is 11.6. The summed E-state index contributed by atoms with van der Waals surface area (Å²) in [5.41, 5.74) is 11.3. The number of benzene rings is 5. The number of carbonyl (C=O) groups excluding carboxylic acids is 1. The van der Waals surface area contributed by atoms with Crippen molar-refractivity contribution in [1.29, 1.82) is 0 Å². The molecule has 4 heteroatoms. The van der Waals surface area contributed by atoms with Crippen molar-refractivity contribution in [3.63, 3.8) is 0 Å². The zero-order valence-electron chi connectivity index (χ0n) is 28.5. The normalized spacial score (nSPS) is 11.2. The molecule has 0 aromatic heterocycles. The van der Waals surface area contributed by atoms with Crippen LogP contribution in [-0.2, 0) is 9.53 Å². The van der Waals surface area contributed by atoms with Crippen molar-refractivity contribution in [3.8, 4) is 23.5 Å². The first-order valence-corrected chi connectivity index (χ1v) is 16.5. The lowest BCUT2D eigenvalue weighted by atomic mass is 10.0. The molecule has 0 atom stereocenters. The number of rotatable bonds is 13. The predicted molar refractivity (Wildman–Crippen MR) is 206 cm³/mol. The fraction of sp³-hybridized carbons (Fsp3) is 0.133. The van der Waals surface area contributed by atoms with Gasteiger partial charge in [0.05, 0.1) is 6.61 Å². The van der Waals surface area contributed by atoms with Crippen molar-refractivity contribution in [2.24, 2.45) is 0 Å². The van der Waals surface area contributed by atoms with E-state index in [2.05, 4.69) is 157 Å². The number of ether oxygens (including phenoxy) is 1. The Morgan fingerprint density at radius 1 is 0.714 bits per heavy atom. The van der Waals surface area contributed by atoms with Crippen LogP contribution in [0.4, 0.5) is 28.4 Å². The summed E-state index contributed by atoms with van der Waals surface area (Å²) in [7, 11) is 0. The minimum atomic E-state index is -0.382. The summed E-state index contributed by atoms with van der Waals surface area (Å²) in [6.45, 7) is 9.75. The van der Waals surface area contributed by atoms with Crippen LogP contribution in [0.15, 0.2) is 163 Å². The fourth-order valence-corrected chi connectivity index (χ4v) is 5.41. The number of esters is 1. The minimum absolute atomic E-state index is 0.275. The van der Waals surface area contributed by atoms with Gasteiger partial charge >= 0.3 is 5.97 Å². The molecule has 0 radical (unpaired) electrons. The summed E-state index contributed by atoms with van der Waals surface area (Å²) in [5.74, 6) is 2.36. The quantitative estimate of drug-likeness (QED) is 0.0421. The van der Waals surface area contributed by atoms with Gasteiger partial charge in [-0.3, -0.25) is 0 Å². The number of para-hydroxylation sites is 1. The molecule has 5 aromatic rings. The Kier molecular flexibility index (Phi) is 11.7. The molecule has 0 aliphatic carbocycles. The molecule has 0 aliphatic heterocycles. The van der Waals surface area contributed by atoms with Gasteiger partial charge in [0.2, 0.25) is 0 Å². The van der Waals surface area contributed by atoms with Gasteiger partial charge in [0.15, 0.2) is 0 Å². The summed E-state index contributed by atoms with van der Waals surface area (Å²) in [4.78, 5) is 16.3. The van der Waals surface area contributed by atoms with Crippen LogP contribution >= 0.6 is 0 Å². The highest BCUT2D eigenvalue weighted by Gasteiger charge is 2.15. The maximum Gasteiger partial charge on any atom is 0.333 e. The molecule has 0 aliphatic rings. The van der Waals surface area contributed by atoms with Gasteiger partial charge in [-0.25, -0.2) is 4.79 Å². The highest BCUT2D eigenvalue weighted by molar-refractivity contribution is 5.87. The maximum absolute atomic E-state index is 11.8.